The van der Waals surface area contributed by atoms with Crippen molar-refractivity contribution in [2.24, 2.45) is 0 Å². The quantitative estimate of drug-likeness (QED) is 0.742. The average Bonchev–Trinajstić information content (AvgIpc) is 2.79. The van der Waals surface area contributed by atoms with Gasteiger partial charge in [0, 0.05) is 4.47 Å². The van der Waals surface area contributed by atoms with E-state index in [9.17, 15) is 0 Å². The Morgan fingerprint density at radius 2 is 2.00 bits per heavy atom. The molecule has 1 N–H and O–H groups in total. The van der Waals surface area contributed by atoms with Crippen molar-refractivity contribution in [3.05, 3.63) is 52.0 Å². The van der Waals surface area contributed by atoms with Crippen LogP contribution < -0.4 is 5.32 Å². The molecule has 0 amide bonds. The standard InChI is InChI=1S/C16H16BrN3O/c1-9-7-14-15(19-11(3)20-16(14)21-9)18-10(2)12-5-4-6-13(17)8-12/h4-8,10H,1-3H3,(H,18,19,20)/t10-/m0/s1. The second-order valence-electron chi connectivity index (χ2n) is 5.12. The number of halogens is 1. The molecule has 0 spiro atoms. The number of furan rings is 1. The number of aromatic nitrogens is 2. The molecule has 0 radical (unpaired) electrons. The number of rotatable bonds is 3. The van der Waals surface area contributed by atoms with Gasteiger partial charge in [-0.3, -0.25) is 0 Å². The van der Waals surface area contributed by atoms with E-state index in [2.05, 4.69) is 50.3 Å². The molecule has 0 fully saturated rings. The molecule has 0 bridgehead atoms. The molecule has 108 valence electrons. The largest absolute Gasteiger partial charge is 0.443 e. The summed E-state index contributed by atoms with van der Waals surface area (Å²) in [6.45, 7) is 5.89. The van der Waals surface area contributed by atoms with Crippen LogP contribution in [0.2, 0.25) is 0 Å². The van der Waals surface area contributed by atoms with Crippen molar-refractivity contribution in [3.8, 4) is 0 Å². The molecule has 3 rings (SSSR count). The summed E-state index contributed by atoms with van der Waals surface area (Å²) in [6, 6.07) is 10.3. The number of hydrogen-bond acceptors (Lipinski definition) is 4. The first-order valence-electron chi connectivity index (χ1n) is 6.80. The van der Waals surface area contributed by atoms with E-state index >= 15 is 0 Å². The number of benzene rings is 1. The van der Waals surface area contributed by atoms with Gasteiger partial charge < -0.3 is 9.73 Å². The lowest BCUT2D eigenvalue weighted by molar-refractivity contribution is 0.566. The van der Waals surface area contributed by atoms with Crippen LogP contribution in [-0.2, 0) is 0 Å². The SMILES string of the molecule is Cc1nc(N[C@@H](C)c2cccc(Br)c2)c2cc(C)oc2n1. The van der Waals surface area contributed by atoms with Gasteiger partial charge in [0.1, 0.15) is 17.4 Å². The van der Waals surface area contributed by atoms with Crippen molar-refractivity contribution in [2.75, 3.05) is 5.32 Å². The Bertz CT molecular complexity index is 797. The summed E-state index contributed by atoms with van der Waals surface area (Å²) in [6.07, 6.45) is 0. The van der Waals surface area contributed by atoms with Crippen LogP contribution in [0.4, 0.5) is 5.82 Å². The number of hydrogen-bond donors (Lipinski definition) is 1. The van der Waals surface area contributed by atoms with Gasteiger partial charge in [-0.25, -0.2) is 4.98 Å². The Morgan fingerprint density at radius 3 is 2.76 bits per heavy atom. The van der Waals surface area contributed by atoms with Gasteiger partial charge in [0.05, 0.1) is 11.4 Å². The molecule has 0 aliphatic rings. The molecule has 1 atom stereocenters. The van der Waals surface area contributed by atoms with E-state index in [4.69, 9.17) is 4.42 Å². The monoisotopic (exact) mass is 345 g/mol. The van der Waals surface area contributed by atoms with Crippen LogP contribution in [0.25, 0.3) is 11.1 Å². The molecular weight excluding hydrogens is 330 g/mol. The van der Waals surface area contributed by atoms with Gasteiger partial charge in [0.25, 0.3) is 0 Å². The topological polar surface area (TPSA) is 51.0 Å². The third-order valence-corrected chi connectivity index (χ3v) is 3.82. The lowest BCUT2D eigenvalue weighted by atomic mass is 10.1. The van der Waals surface area contributed by atoms with Crippen LogP contribution in [0.15, 0.2) is 39.2 Å². The summed E-state index contributed by atoms with van der Waals surface area (Å²) in [5.41, 5.74) is 1.82. The second-order valence-corrected chi connectivity index (χ2v) is 6.03. The molecule has 4 nitrogen and oxygen atoms in total. The number of nitrogens with one attached hydrogen (secondary N) is 1. The molecule has 5 heteroatoms. The van der Waals surface area contributed by atoms with Gasteiger partial charge >= 0.3 is 0 Å². The Balaban J connectivity index is 1.97. The fourth-order valence-electron chi connectivity index (χ4n) is 2.32. The summed E-state index contributed by atoms with van der Waals surface area (Å²) in [7, 11) is 0. The molecular formula is C16H16BrN3O. The molecule has 0 unspecified atom stereocenters. The van der Waals surface area contributed by atoms with Crippen molar-refractivity contribution in [1.29, 1.82) is 0 Å². The van der Waals surface area contributed by atoms with Gasteiger partial charge in [-0.15, -0.1) is 0 Å². The highest BCUT2D eigenvalue weighted by Gasteiger charge is 2.13. The maximum atomic E-state index is 5.60. The van der Waals surface area contributed by atoms with E-state index < -0.39 is 0 Å². The molecule has 0 saturated carbocycles. The number of fused-ring (bicyclic) bond motifs is 1. The maximum Gasteiger partial charge on any atom is 0.231 e. The number of aryl methyl sites for hydroxylation is 2. The van der Waals surface area contributed by atoms with E-state index in [1.807, 2.05) is 32.0 Å². The van der Waals surface area contributed by atoms with E-state index in [1.165, 1.54) is 5.56 Å². The highest BCUT2D eigenvalue weighted by Crippen LogP contribution is 2.27. The summed E-state index contributed by atoms with van der Waals surface area (Å²) in [5, 5.41) is 4.37. The first-order valence-corrected chi connectivity index (χ1v) is 7.59. The van der Waals surface area contributed by atoms with Crippen LogP contribution in [0.3, 0.4) is 0 Å². The number of anilines is 1. The Labute approximate surface area is 131 Å². The summed E-state index contributed by atoms with van der Waals surface area (Å²) in [5.74, 6) is 2.34. The highest BCUT2D eigenvalue weighted by molar-refractivity contribution is 9.10. The van der Waals surface area contributed by atoms with Crippen molar-refractivity contribution in [3.63, 3.8) is 0 Å². The summed E-state index contributed by atoms with van der Waals surface area (Å²) < 4.78 is 6.66. The van der Waals surface area contributed by atoms with Crippen molar-refractivity contribution < 1.29 is 4.42 Å². The molecule has 0 saturated heterocycles. The predicted molar refractivity (Wildman–Crippen MR) is 87.5 cm³/mol. The van der Waals surface area contributed by atoms with E-state index in [0.717, 1.165) is 21.4 Å². The van der Waals surface area contributed by atoms with Crippen molar-refractivity contribution in [2.45, 2.75) is 26.8 Å². The highest BCUT2D eigenvalue weighted by atomic mass is 79.9. The van der Waals surface area contributed by atoms with E-state index in [1.54, 1.807) is 0 Å². The Kier molecular flexibility index (Phi) is 3.68. The zero-order valence-electron chi connectivity index (χ0n) is 12.1. The fourth-order valence-corrected chi connectivity index (χ4v) is 2.74. The summed E-state index contributed by atoms with van der Waals surface area (Å²) in [4.78, 5) is 8.83. The Hall–Kier alpha value is -1.88. The molecule has 0 aliphatic carbocycles. The van der Waals surface area contributed by atoms with Gasteiger partial charge in [-0.2, -0.15) is 4.98 Å². The molecule has 21 heavy (non-hydrogen) atoms. The predicted octanol–water partition coefficient (Wildman–Crippen LogP) is 4.78. The van der Waals surface area contributed by atoms with Crippen molar-refractivity contribution >= 4 is 32.8 Å². The fraction of sp³-hybridized carbons (Fsp3) is 0.250. The lowest BCUT2D eigenvalue weighted by Gasteiger charge is -2.16. The lowest BCUT2D eigenvalue weighted by Crippen LogP contribution is -2.09. The van der Waals surface area contributed by atoms with Gasteiger partial charge in [0.15, 0.2) is 0 Å². The normalized spacial score (nSPS) is 12.6. The smallest absolute Gasteiger partial charge is 0.231 e. The van der Waals surface area contributed by atoms with Gasteiger partial charge in [-0.05, 0) is 44.5 Å². The van der Waals surface area contributed by atoms with Gasteiger partial charge in [-0.1, -0.05) is 28.1 Å². The van der Waals surface area contributed by atoms with Crippen LogP contribution in [-0.4, -0.2) is 9.97 Å². The molecule has 1 aromatic carbocycles. The minimum absolute atomic E-state index is 0.134. The summed E-state index contributed by atoms with van der Waals surface area (Å²) >= 11 is 3.50. The first kappa shape index (κ1) is 14.1. The Morgan fingerprint density at radius 1 is 1.19 bits per heavy atom. The van der Waals surface area contributed by atoms with Gasteiger partial charge in [0.2, 0.25) is 5.71 Å². The molecule has 0 aliphatic heterocycles. The molecule has 2 aromatic heterocycles. The van der Waals surface area contributed by atoms with Crippen LogP contribution in [0, 0.1) is 13.8 Å². The second kappa shape index (κ2) is 5.48. The molecule has 3 aromatic rings. The van der Waals surface area contributed by atoms with E-state index in [0.29, 0.717) is 11.5 Å². The zero-order valence-corrected chi connectivity index (χ0v) is 13.7. The maximum absolute atomic E-state index is 5.60. The molecule has 2 heterocycles. The van der Waals surface area contributed by atoms with Crippen molar-refractivity contribution in [1.82, 2.24) is 9.97 Å². The van der Waals surface area contributed by atoms with Crippen LogP contribution in [0.1, 0.15) is 30.1 Å². The zero-order chi connectivity index (χ0) is 15.0. The van der Waals surface area contributed by atoms with E-state index in [-0.39, 0.29) is 6.04 Å². The third-order valence-electron chi connectivity index (χ3n) is 3.33. The first-order chi connectivity index (χ1) is 10.0. The minimum Gasteiger partial charge on any atom is -0.443 e. The average molecular weight is 346 g/mol. The van der Waals surface area contributed by atoms with Crippen LogP contribution in [0.5, 0.6) is 0 Å². The van der Waals surface area contributed by atoms with Crippen LogP contribution >= 0.6 is 15.9 Å². The third kappa shape index (κ3) is 2.93. The number of nitrogens with zero attached hydrogens (tertiary/aromatic N) is 2. The minimum atomic E-state index is 0.134.